The monoisotopic (exact) mass is 268 g/mol. The number of fused-ring (bicyclic) bond motifs is 1. The fraction of sp³-hybridized carbons (Fsp3) is 0.200. The Morgan fingerprint density at radius 2 is 2.00 bits per heavy atom. The first-order valence-electron chi connectivity index (χ1n) is 6.41. The van der Waals surface area contributed by atoms with E-state index in [2.05, 4.69) is 33.2 Å². The fourth-order valence-corrected chi connectivity index (χ4v) is 2.29. The van der Waals surface area contributed by atoms with Crippen LogP contribution in [0.4, 0.5) is 11.4 Å². The van der Waals surface area contributed by atoms with Gasteiger partial charge in [-0.15, -0.1) is 0 Å². The van der Waals surface area contributed by atoms with Gasteiger partial charge in [0.25, 0.3) is 5.56 Å². The molecule has 0 saturated carbocycles. The lowest BCUT2D eigenvalue weighted by molar-refractivity contribution is 0.702. The van der Waals surface area contributed by atoms with Crippen molar-refractivity contribution in [3.8, 4) is 0 Å². The number of aryl methyl sites for hydroxylation is 2. The van der Waals surface area contributed by atoms with Crippen molar-refractivity contribution in [2.45, 2.75) is 6.92 Å². The predicted molar refractivity (Wildman–Crippen MR) is 80.4 cm³/mol. The van der Waals surface area contributed by atoms with E-state index >= 15 is 0 Å². The van der Waals surface area contributed by atoms with E-state index in [0.717, 1.165) is 16.8 Å². The van der Waals surface area contributed by atoms with Crippen LogP contribution in [0.25, 0.3) is 10.9 Å². The summed E-state index contributed by atoms with van der Waals surface area (Å²) in [4.78, 5) is 11.9. The van der Waals surface area contributed by atoms with Crippen LogP contribution in [-0.4, -0.2) is 14.3 Å². The molecule has 2 aromatic heterocycles. The van der Waals surface area contributed by atoms with Crippen LogP contribution in [0.2, 0.25) is 0 Å². The van der Waals surface area contributed by atoms with Crippen molar-refractivity contribution in [3.63, 3.8) is 0 Å². The lowest BCUT2D eigenvalue weighted by Gasteiger charge is -2.10. The van der Waals surface area contributed by atoms with E-state index in [-0.39, 0.29) is 5.56 Å². The smallest absolute Gasteiger partial charge is 0.271 e. The summed E-state index contributed by atoms with van der Waals surface area (Å²) in [6, 6.07) is 8.18. The van der Waals surface area contributed by atoms with Gasteiger partial charge in [-0.3, -0.25) is 4.79 Å². The first-order chi connectivity index (χ1) is 9.56. The van der Waals surface area contributed by atoms with Gasteiger partial charge < -0.3 is 9.88 Å². The highest BCUT2D eigenvalue weighted by molar-refractivity contribution is 5.84. The van der Waals surface area contributed by atoms with E-state index < -0.39 is 0 Å². The number of anilines is 2. The summed E-state index contributed by atoms with van der Waals surface area (Å²) < 4.78 is 3.41. The number of hydrogen-bond donors (Lipinski definition) is 1. The molecule has 0 unspecified atom stereocenters. The van der Waals surface area contributed by atoms with E-state index in [1.54, 1.807) is 20.2 Å². The number of nitrogens with one attached hydrogen (secondary N) is 1. The molecule has 0 aliphatic carbocycles. The molecule has 0 fully saturated rings. The molecule has 20 heavy (non-hydrogen) atoms. The summed E-state index contributed by atoms with van der Waals surface area (Å²) in [7, 11) is 3.67. The van der Waals surface area contributed by atoms with E-state index in [9.17, 15) is 4.79 Å². The quantitative estimate of drug-likeness (QED) is 0.776. The Morgan fingerprint density at radius 1 is 1.20 bits per heavy atom. The Labute approximate surface area is 116 Å². The van der Waals surface area contributed by atoms with Gasteiger partial charge in [0, 0.05) is 42.4 Å². The average molecular weight is 268 g/mol. The van der Waals surface area contributed by atoms with Crippen molar-refractivity contribution < 1.29 is 0 Å². The van der Waals surface area contributed by atoms with Crippen LogP contribution in [-0.2, 0) is 14.1 Å². The van der Waals surface area contributed by atoms with Crippen LogP contribution in [0, 0.1) is 6.92 Å². The van der Waals surface area contributed by atoms with E-state index in [1.165, 1.54) is 10.2 Å². The highest BCUT2D eigenvalue weighted by Crippen LogP contribution is 2.23. The predicted octanol–water partition coefficient (Wildman–Crippen LogP) is 2.32. The molecule has 0 radical (unpaired) electrons. The van der Waals surface area contributed by atoms with Gasteiger partial charge in [0.05, 0.1) is 11.9 Å². The zero-order valence-electron chi connectivity index (χ0n) is 11.7. The molecule has 0 bridgehead atoms. The number of hydrogen-bond acceptors (Lipinski definition) is 3. The van der Waals surface area contributed by atoms with Gasteiger partial charge in [-0.1, -0.05) is 0 Å². The van der Waals surface area contributed by atoms with Crippen LogP contribution in [0.3, 0.4) is 0 Å². The molecule has 0 amide bonds. The number of rotatable bonds is 2. The SMILES string of the molecule is Cc1c(Nc2ccc3c(ccn3C)c2)cnn(C)c1=O. The second kappa shape index (κ2) is 4.52. The molecule has 2 heterocycles. The molecule has 3 rings (SSSR count). The maximum atomic E-state index is 11.9. The first-order valence-corrected chi connectivity index (χ1v) is 6.41. The zero-order chi connectivity index (χ0) is 14.3. The minimum absolute atomic E-state index is 0.0872. The van der Waals surface area contributed by atoms with Crippen molar-refractivity contribution in [2.24, 2.45) is 14.1 Å². The number of nitrogens with zero attached hydrogens (tertiary/aromatic N) is 3. The maximum absolute atomic E-state index is 11.9. The Bertz CT molecular complexity index is 845. The Balaban J connectivity index is 2.01. The molecule has 3 aromatic rings. The highest BCUT2D eigenvalue weighted by Gasteiger charge is 2.06. The number of benzene rings is 1. The molecule has 0 aliphatic rings. The molecule has 5 heteroatoms. The molecule has 5 nitrogen and oxygen atoms in total. The van der Waals surface area contributed by atoms with Gasteiger partial charge in [-0.2, -0.15) is 5.10 Å². The minimum Gasteiger partial charge on any atom is -0.354 e. The standard InChI is InChI=1S/C15H16N4O/c1-10-13(9-16-19(3)15(10)20)17-12-4-5-14-11(8-12)6-7-18(14)2/h4-9,17H,1-3H3. The average Bonchev–Trinajstić information content (AvgIpc) is 2.81. The third-order valence-electron chi connectivity index (χ3n) is 3.54. The van der Waals surface area contributed by atoms with Crippen molar-refractivity contribution in [2.75, 3.05) is 5.32 Å². The van der Waals surface area contributed by atoms with Crippen molar-refractivity contribution in [1.29, 1.82) is 0 Å². The molecular formula is C15H16N4O. The molecule has 1 aromatic carbocycles. The largest absolute Gasteiger partial charge is 0.354 e. The third-order valence-corrected chi connectivity index (χ3v) is 3.54. The lowest BCUT2D eigenvalue weighted by atomic mass is 10.2. The van der Waals surface area contributed by atoms with Crippen LogP contribution in [0.15, 0.2) is 41.5 Å². The third kappa shape index (κ3) is 1.97. The lowest BCUT2D eigenvalue weighted by Crippen LogP contribution is -2.22. The Hall–Kier alpha value is -2.56. The van der Waals surface area contributed by atoms with Gasteiger partial charge in [0.1, 0.15) is 0 Å². The van der Waals surface area contributed by atoms with E-state index in [1.807, 2.05) is 19.3 Å². The molecule has 102 valence electrons. The Kier molecular flexibility index (Phi) is 2.82. The van der Waals surface area contributed by atoms with E-state index in [0.29, 0.717) is 5.56 Å². The van der Waals surface area contributed by atoms with Gasteiger partial charge in [-0.25, -0.2) is 4.68 Å². The summed E-state index contributed by atoms with van der Waals surface area (Å²) >= 11 is 0. The second-order valence-electron chi connectivity index (χ2n) is 4.94. The van der Waals surface area contributed by atoms with Gasteiger partial charge in [-0.05, 0) is 31.2 Å². The first kappa shape index (κ1) is 12.5. The molecule has 0 spiro atoms. The minimum atomic E-state index is -0.0872. The molecular weight excluding hydrogens is 252 g/mol. The van der Waals surface area contributed by atoms with Crippen molar-refractivity contribution in [3.05, 3.63) is 52.6 Å². The molecule has 1 N–H and O–H groups in total. The van der Waals surface area contributed by atoms with Gasteiger partial charge >= 0.3 is 0 Å². The molecule has 0 atom stereocenters. The summed E-state index contributed by atoms with van der Waals surface area (Å²) in [6.07, 6.45) is 3.70. The summed E-state index contributed by atoms with van der Waals surface area (Å²) in [6.45, 7) is 1.80. The normalized spacial score (nSPS) is 10.9. The van der Waals surface area contributed by atoms with Crippen LogP contribution < -0.4 is 10.9 Å². The Morgan fingerprint density at radius 3 is 2.80 bits per heavy atom. The molecule has 0 saturated heterocycles. The summed E-state index contributed by atoms with van der Waals surface area (Å²) in [5.74, 6) is 0. The maximum Gasteiger partial charge on any atom is 0.271 e. The fourth-order valence-electron chi connectivity index (χ4n) is 2.29. The van der Waals surface area contributed by atoms with Gasteiger partial charge in [0.2, 0.25) is 0 Å². The number of aromatic nitrogens is 3. The molecule has 0 aliphatic heterocycles. The van der Waals surface area contributed by atoms with Crippen LogP contribution >= 0.6 is 0 Å². The van der Waals surface area contributed by atoms with Crippen LogP contribution in [0.1, 0.15) is 5.56 Å². The summed E-state index contributed by atoms with van der Waals surface area (Å²) in [5.41, 5.74) is 3.44. The second-order valence-corrected chi connectivity index (χ2v) is 4.94. The topological polar surface area (TPSA) is 51.9 Å². The van der Waals surface area contributed by atoms with E-state index in [4.69, 9.17) is 0 Å². The van der Waals surface area contributed by atoms with Crippen molar-refractivity contribution >= 4 is 22.3 Å². The highest BCUT2D eigenvalue weighted by atomic mass is 16.1. The zero-order valence-corrected chi connectivity index (χ0v) is 11.7. The summed E-state index contributed by atoms with van der Waals surface area (Å²) in [5, 5.41) is 8.46. The van der Waals surface area contributed by atoms with Crippen LogP contribution in [0.5, 0.6) is 0 Å². The van der Waals surface area contributed by atoms with Crippen molar-refractivity contribution in [1.82, 2.24) is 14.3 Å². The van der Waals surface area contributed by atoms with Gasteiger partial charge in [0.15, 0.2) is 0 Å².